The minimum atomic E-state index is -0.823. The molecule has 1 fully saturated rings. The van der Waals surface area contributed by atoms with Crippen molar-refractivity contribution in [1.29, 1.82) is 0 Å². The highest BCUT2D eigenvalue weighted by atomic mass is 16.5. The van der Waals surface area contributed by atoms with Crippen LogP contribution in [-0.4, -0.2) is 78.2 Å². The molecule has 0 aliphatic carbocycles. The van der Waals surface area contributed by atoms with Gasteiger partial charge in [0.25, 0.3) is 11.7 Å². The second-order valence-corrected chi connectivity index (χ2v) is 8.04. The third kappa shape index (κ3) is 4.08. The van der Waals surface area contributed by atoms with Gasteiger partial charge in [-0.1, -0.05) is 12.1 Å². The fourth-order valence-electron chi connectivity index (χ4n) is 4.15. The average Bonchev–Trinajstić information content (AvgIpc) is 3.22. The quantitative estimate of drug-likeness (QED) is 0.367. The van der Waals surface area contributed by atoms with Crippen molar-refractivity contribution in [3.63, 3.8) is 0 Å². The van der Waals surface area contributed by atoms with Gasteiger partial charge in [0, 0.05) is 17.8 Å². The van der Waals surface area contributed by atoms with E-state index < -0.39 is 17.7 Å². The van der Waals surface area contributed by atoms with Gasteiger partial charge in [-0.3, -0.25) is 14.7 Å². The number of aryl methyl sites for hydroxylation is 2. The number of para-hydroxylation sites is 1. The number of rotatable bonds is 8. The molecule has 0 radical (unpaired) electrons. The Hall–Kier alpha value is -3.33. The molecule has 172 valence electrons. The molecular formula is C23H30N4O5. The van der Waals surface area contributed by atoms with Crippen LogP contribution >= 0.6 is 0 Å². The minimum absolute atomic E-state index is 0.0130. The van der Waals surface area contributed by atoms with E-state index in [4.69, 9.17) is 9.47 Å². The molecule has 0 saturated carbocycles. The number of hydrogen-bond donors (Lipinski definition) is 2. The van der Waals surface area contributed by atoms with Gasteiger partial charge >= 0.3 is 0 Å². The number of likely N-dealkylation sites (tertiary alicyclic amines) is 1. The van der Waals surface area contributed by atoms with Crippen LogP contribution in [0.4, 0.5) is 0 Å². The SMILES string of the molecule is COc1cccc([C@@H]2C(=C(O)c3c(C)n[nH]c3C)C(=O)C(=O)N2CCCN(C)C)c1OC. The number of nitrogens with zero attached hydrogens (tertiary/aromatic N) is 3. The number of benzene rings is 1. The molecule has 1 atom stereocenters. The summed E-state index contributed by atoms with van der Waals surface area (Å²) in [5, 5.41) is 18.2. The fraction of sp³-hybridized carbons (Fsp3) is 0.435. The summed E-state index contributed by atoms with van der Waals surface area (Å²) in [7, 11) is 6.92. The standard InChI is InChI=1S/C23H30N4O5/c1-13-17(14(2)25-24-13)20(28)18-19(15-9-7-10-16(31-5)22(15)32-6)27(23(30)21(18)29)12-8-11-26(3)4/h7,9-10,19,28H,8,11-12H2,1-6H3,(H,24,25)/t19-/m1/s1. The highest BCUT2D eigenvalue weighted by molar-refractivity contribution is 6.46. The van der Waals surface area contributed by atoms with Gasteiger partial charge in [-0.25, -0.2) is 0 Å². The zero-order valence-corrected chi connectivity index (χ0v) is 19.4. The number of ether oxygens (including phenoxy) is 2. The number of ketones is 1. The highest BCUT2D eigenvalue weighted by Crippen LogP contribution is 2.45. The summed E-state index contributed by atoms with van der Waals surface area (Å²) >= 11 is 0. The Morgan fingerprint density at radius 3 is 2.50 bits per heavy atom. The minimum Gasteiger partial charge on any atom is -0.507 e. The number of amides is 1. The molecule has 1 aromatic heterocycles. The van der Waals surface area contributed by atoms with Crippen LogP contribution in [0.1, 0.15) is 35.0 Å². The number of nitrogens with one attached hydrogen (secondary N) is 1. The smallest absolute Gasteiger partial charge is 0.295 e. The topological polar surface area (TPSA) is 108 Å². The van der Waals surface area contributed by atoms with Crippen molar-refractivity contribution in [1.82, 2.24) is 20.0 Å². The lowest BCUT2D eigenvalue weighted by molar-refractivity contribution is -0.140. The number of aromatic amines is 1. The monoisotopic (exact) mass is 442 g/mol. The molecular weight excluding hydrogens is 412 g/mol. The third-order valence-electron chi connectivity index (χ3n) is 5.64. The Kier molecular flexibility index (Phi) is 6.88. The van der Waals surface area contributed by atoms with Crippen molar-refractivity contribution in [2.75, 3.05) is 41.4 Å². The van der Waals surface area contributed by atoms with Gasteiger partial charge in [0.15, 0.2) is 11.5 Å². The summed E-state index contributed by atoms with van der Waals surface area (Å²) < 4.78 is 11.0. The van der Waals surface area contributed by atoms with Crippen LogP contribution in [0.25, 0.3) is 5.76 Å². The Morgan fingerprint density at radius 1 is 1.22 bits per heavy atom. The van der Waals surface area contributed by atoms with E-state index in [1.807, 2.05) is 19.0 Å². The number of aliphatic hydroxyl groups excluding tert-OH is 1. The first-order valence-corrected chi connectivity index (χ1v) is 10.4. The van der Waals surface area contributed by atoms with Crippen LogP contribution in [0, 0.1) is 13.8 Å². The van der Waals surface area contributed by atoms with Gasteiger partial charge in [0.05, 0.1) is 37.1 Å². The van der Waals surface area contributed by atoms with Crippen molar-refractivity contribution >= 4 is 17.4 Å². The van der Waals surface area contributed by atoms with Gasteiger partial charge in [0.2, 0.25) is 0 Å². The zero-order chi connectivity index (χ0) is 23.6. The predicted molar refractivity (Wildman–Crippen MR) is 120 cm³/mol. The number of hydrogen-bond acceptors (Lipinski definition) is 7. The van der Waals surface area contributed by atoms with Crippen LogP contribution in [-0.2, 0) is 9.59 Å². The van der Waals surface area contributed by atoms with E-state index in [2.05, 4.69) is 10.2 Å². The van der Waals surface area contributed by atoms with Gasteiger partial charge in [-0.05, 0) is 47.0 Å². The van der Waals surface area contributed by atoms with Crippen molar-refractivity contribution in [3.8, 4) is 11.5 Å². The first-order chi connectivity index (χ1) is 15.2. The molecule has 1 amide bonds. The van der Waals surface area contributed by atoms with Crippen molar-refractivity contribution in [2.24, 2.45) is 0 Å². The largest absolute Gasteiger partial charge is 0.507 e. The molecule has 2 heterocycles. The Bertz CT molecular complexity index is 1040. The first-order valence-electron chi connectivity index (χ1n) is 10.4. The van der Waals surface area contributed by atoms with E-state index in [-0.39, 0.29) is 11.3 Å². The number of carbonyl (C=O) groups excluding carboxylic acids is 2. The van der Waals surface area contributed by atoms with Gasteiger partial charge in [-0.15, -0.1) is 0 Å². The van der Waals surface area contributed by atoms with Crippen molar-refractivity contribution < 1.29 is 24.2 Å². The lowest BCUT2D eigenvalue weighted by Gasteiger charge is -2.27. The van der Waals surface area contributed by atoms with Gasteiger partial charge in [0.1, 0.15) is 5.76 Å². The normalized spacial score (nSPS) is 18.0. The number of Topliss-reactive ketones (excluding diaryl/α,β-unsaturated/α-hetero) is 1. The predicted octanol–water partition coefficient (Wildman–Crippen LogP) is 2.42. The Labute approximate surface area is 187 Å². The zero-order valence-electron chi connectivity index (χ0n) is 19.4. The van der Waals surface area contributed by atoms with Crippen molar-refractivity contribution in [3.05, 3.63) is 46.3 Å². The molecule has 2 aromatic rings. The van der Waals surface area contributed by atoms with E-state index in [0.29, 0.717) is 47.0 Å². The maximum Gasteiger partial charge on any atom is 0.295 e. The molecule has 1 saturated heterocycles. The van der Waals surface area contributed by atoms with E-state index in [9.17, 15) is 14.7 Å². The molecule has 3 rings (SSSR count). The number of methoxy groups -OCH3 is 2. The van der Waals surface area contributed by atoms with E-state index >= 15 is 0 Å². The lowest BCUT2D eigenvalue weighted by atomic mass is 9.93. The molecule has 9 heteroatoms. The molecule has 0 bridgehead atoms. The summed E-state index contributed by atoms with van der Waals surface area (Å²) in [4.78, 5) is 29.8. The van der Waals surface area contributed by atoms with Crippen LogP contribution in [0.15, 0.2) is 23.8 Å². The molecule has 1 aromatic carbocycles. The maximum absolute atomic E-state index is 13.2. The molecule has 0 unspecified atom stereocenters. The van der Waals surface area contributed by atoms with E-state index in [1.165, 1.54) is 19.1 Å². The molecule has 1 aliphatic heterocycles. The average molecular weight is 443 g/mol. The first kappa shape index (κ1) is 23.3. The molecule has 0 spiro atoms. The second-order valence-electron chi connectivity index (χ2n) is 8.04. The summed E-state index contributed by atoms with van der Waals surface area (Å²) in [6, 6.07) is 4.46. The second kappa shape index (κ2) is 9.44. The van der Waals surface area contributed by atoms with Crippen LogP contribution in [0.2, 0.25) is 0 Å². The van der Waals surface area contributed by atoms with Crippen molar-refractivity contribution in [2.45, 2.75) is 26.3 Å². The third-order valence-corrected chi connectivity index (χ3v) is 5.64. The summed E-state index contributed by atoms with van der Waals surface area (Å²) in [5.41, 5.74) is 2.14. The Morgan fingerprint density at radius 2 is 1.94 bits per heavy atom. The fourth-order valence-corrected chi connectivity index (χ4v) is 4.15. The molecule has 2 N–H and O–H groups in total. The number of aliphatic hydroxyl groups is 1. The van der Waals surface area contributed by atoms with Gasteiger partial charge < -0.3 is 24.4 Å². The van der Waals surface area contributed by atoms with Crippen LogP contribution in [0.3, 0.4) is 0 Å². The molecule has 9 nitrogen and oxygen atoms in total. The summed E-state index contributed by atoms with van der Waals surface area (Å²) in [6.45, 7) is 4.56. The highest BCUT2D eigenvalue weighted by Gasteiger charge is 2.47. The van der Waals surface area contributed by atoms with Crippen LogP contribution in [0.5, 0.6) is 11.5 Å². The van der Waals surface area contributed by atoms with Gasteiger partial charge in [-0.2, -0.15) is 5.10 Å². The number of H-pyrrole nitrogens is 1. The number of aromatic nitrogens is 2. The molecule has 32 heavy (non-hydrogen) atoms. The lowest BCUT2D eigenvalue weighted by Crippen LogP contribution is -2.32. The summed E-state index contributed by atoms with van der Waals surface area (Å²) in [5.74, 6) is -0.760. The van der Waals surface area contributed by atoms with E-state index in [0.717, 1.165) is 6.54 Å². The number of carbonyl (C=O) groups is 2. The van der Waals surface area contributed by atoms with E-state index in [1.54, 1.807) is 32.0 Å². The van der Waals surface area contributed by atoms with Crippen LogP contribution < -0.4 is 9.47 Å². The molecule has 1 aliphatic rings. The maximum atomic E-state index is 13.2. The summed E-state index contributed by atoms with van der Waals surface area (Å²) in [6.07, 6.45) is 0.659. The Balaban J connectivity index is 2.23.